The van der Waals surface area contributed by atoms with Gasteiger partial charge in [0.2, 0.25) is 0 Å². The first-order chi connectivity index (χ1) is 9.17. The highest BCUT2D eigenvalue weighted by Crippen LogP contribution is 2.13. The van der Waals surface area contributed by atoms with Gasteiger partial charge in [0.1, 0.15) is 0 Å². The minimum Gasteiger partial charge on any atom is -0.384 e. The van der Waals surface area contributed by atoms with Gasteiger partial charge in [-0.3, -0.25) is 4.90 Å². The summed E-state index contributed by atoms with van der Waals surface area (Å²) < 4.78 is 0. The maximum Gasteiger partial charge on any atom is 0.0345 e. The summed E-state index contributed by atoms with van der Waals surface area (Å²) in [5.74, 6) is 0. The summed E-state index contributed by atoms with van der Waals surface area (Å²) in [5, 5.41) is 3.54. The fourth-order valence-corrected chi connectivity index (χ4v) is 2.76. The van der Waals surface area contributed by atoms with Gasteiger partial charge in [0.15, 0.2) is 0 Å². The quantitative estimate of drug-likeness (QED) is 0.878. The maximum absolute atomic E-state index is 3.54. The number of rotatable bonds is 5. The van der Waals surface area contributed by atoms with E-state index < -0.39 is 0 Å². The van der Waals surface area contributed by atoms with Gasteiger partial charge in [-0.1, -0.05) is 13.0 Å². The van der Waals surface area contributed by atoms with Crippen molar-refractivity contribution >= 4 is 5.69 Å². The van der Waals surface area contributed by atoms with Gasteiger partial charge in [0, 0.05) is 45.0 Å². The van der Waals surface area contributed by atoms with Crippen LogP contribution in [0, 0.1) is 13.8 Å². The van der Waals surface area contributed by atoms with Crippen LogP contribution in [0.2, 0.25) is 0 Å². The van der Waals surface area contributed by atoms with E-state index in [0.717, 1.165) is 13.1 Å². The van der Waals surface area contributed by atoms with Crippen molar-refractivity contribution in [2.75, 3.05) is 51.1 Å². The molecule has 0 radical (unpaired) electrons. The van der Waals surface area contributed by atoms with E-state index in [0.29, 0.717) is 0 Å². The van der Waals surface area contributed by atoms with Crippen molar-refractivity contribution in [3.8, 4) is 0 Å². The third kappa shape index (κ3) is 4.51. The number of likely N-dealkylation sites (N-methyl/N-ethyl adjacent to an activating group) is 1. The number of benzene rings is 1. The Morgan fingerprint density at radius 1 is 0.947 bits per heavy atom. The van der Waals surface area contributed by atoms with Crippen molar-refractivity contribution in [3.05, 3.63) is 29.3 Å². The summed E-state index contributed by atoms with van der Waals surface area (Å²) in [6.07, 6.45) is 0. The first kappa shape index (κ1) is 14.4. The van der Waals surface area contributed by atoms with Crippen molar-refractivity contribution in [2.45, 2.75) is 20.8 Å². The molecule has 0 aromatic heterocycles. The molecule has 1 aromatic carbocycles. The Morgan fingerprint density at radius 2 is 1.53 bits per heavy atom. The molecule has 3 nitrogen and oxygen atoms in total. The fourth-order valence-electron chi connectivity index (χ4n) is 2.76. The Morgan fingerprint density at radius 3 is 2.11 bits per heavy atom. The Balaban J connectivity index is 1.72. The molecule has 1 heterocycles. The largest absolute Gasteiger partial charge is 0.384 e. The van der Waals surface area contributed by atoms with Crippen molar-refractivity contribution in [1.82, 2.24) is 9.80 Å². The van der Waals surface area contributed by atoms with E-state index in [1.54, 1.807) is 0 Å². The van der Waals surface area contributed by atoms with Crippen LogP contribution in [0.3, 0.4) is 0 Å². The Kier molecular flexibility index (Phi) is 5.23. The van der Waals surface area contributed by atoms with E-state index in [1.807, 2.05) is 0 Å². The van der Waals surface area contributed by atoms with Crippen LogP contribution in [0.4, 0.5) is 5.69 Å². The van der Waals surface area contributed by atoms with E-state index in [4.69, 9.17) is 0 Å². The summed E-state index contributed by atoms with van der Waals surface area (Å²) >= 11 is 0. The number of anilines is 1. The van der Waals surface area contributed by atoms with Crippen molar-refractivity contribution in [2.24, 2.45) is 0 Å². The summed E-state index contributed by atoms with van der Waals surface area (Å²) in [4.78, 5) is 5.08. The lowest BCUT2D eigenvalue weighted by molar-refractivity contribution is 0.141. The predicted molar refractivity (Wildman–Crippen MR) is 83.0 cm³/mol. The monoisotopic (exact) mass is 261 g/mol. The third-order valence-electron chi connectivity index (χ3n) is 3.89. The highest BCUT2D eigenvalue weighted by Gasteiger charge is 2.14. The number of nitrogens with one attached hydrogen (secondary N) is 1. The molecule has 0 unspecified atom stereocenters. The molecule has 1 N–H and O–H groups in total. The molecule has 0 aliphatic carbocycles. The second-order valence-electron chi connectivity index (χ2n) is 5.58. The topological polar surface area (TPSA) is 18.5 Å². The van der Waals surface area contributed by atoms with E-state index in [2.05, 4.69) is 54.1 Å². The minimum absolute atomic E-state index is 1.04. The second kappa shape index (κ2) is 6.92. The average molecular weight is 261 g/mol. The Labute approximate surface area is 117 Å². The van der Waals surface area contributed by atoms with Gasteiger partial charge in [-0.05, 0) is 43.7 Å². The van der Waals surface area contributed by atoms with Crippen LogP contribution in [0.15, 0.2) is 18.2 Å². The molecule has 19 heavy (non-hydrogen) atoms. The standard InChI is InChI=1S/C16H27N3/c1-4-18-7-9-19(10-8-18)6-5-17-16-12-14(2)11-15(3)13-16/h11-13,17H,4-10H2,1-3H3. The van der Waals surface area contributed by atoms with Crippen LogP contribution in [-0.4, -0.2) is 55.6 Å². The van der Waals surface area contributed by atoms with Gasteiger partial charge in [-0.2, -0.15) is 0 Å². The molecule has 1 aliphatic heterocycles. The molecular weight excluding hydrogens is 234 g/mol. The van der Waals surface area contributed by atoms with Crippen molar-refractivity contribution in [3.63, 3.8) is 0 Å². The number of piperazine rings is 1. The van der Waals surface area contributed by atoms with E-state index in [-0.39, 0.29) is 0 Å². The smallest absolute Gasteiger partial charge is 0.0345 e. The van der Waals surface area contributed by atoms with Gasteiger partial charge in [0.05, 0.1) is 0 Å². The molecule has 0 atom stereocenters. The Bertz CT molecular complexity index is 375. The molecule has 1 fully saturated rings. The zero-order valence-electron chi connectivity index (χ0n) is 12.6. The normalized spacial score (nSPS) is 17.6. The van der Waals surface area contributed by atoms with Crippen LogP contribution >= 0.6 is 0 Å². The Hall–Kier alpha value is -1.06. The molecule has 1 saturated heterocycles. The van der Waals surface area contributed by atoms with Gasteiger partial charge >= 0.3 is 0 Å². The molecule has 0 spiro atoms. The fraction of sp³-hybridized carbons (Fsp3) is 0.625. The third-order valence-corrected chi connectivity index (χ3v) is 3.89. The lowest BCUT2D eigenvalue weighted by Gasteiger charge is -2.34. The lowest BCUT2D eigenvalue weighted by atomic mass is 10.1. The molecule has 0 bridgehead atoms. The van der Waals surface area contributed by atoms with Gasteiger partial charge < -0.3 is 10.2 Å². The summed E-state index contributed by atoms with van der Waals surface area (Å²) in [7, 11) is 0. The van der Waals surface area contributed by atoms with Crippen LogP contribution in [-0.2, 0) is 0 Å². The van der Waals surface area contributed by atoms with E-state index >= 15 is 0 Å². The van der Waals surface area contributed by atoms with Crippen LogP contribution < -0.4 is 5.32 Å². The van der Waals surface area contributed by atoms with Crippen LogP contribution in [0.5, 0.6) is 0 Å². The minimum atomic E-state index is 1.04. The lowest BCUT2D eigenvalue weighted by Crippen LogP contribution is -2.47. The maximum atomic E-state index is 3.54. The summed E-state index contributed by atoms with van der Waals surface area (Å²) in [5.41, 5.74) is 3.92. The first-order valence-electron chi connectivity index (χ1n) is 7.44. The first-order valence-corrected chi connectivity index (χ1v) is 7.44. The van der Waals surface area contributed by atoms with Gasteiger partial charge in [0.25, 0.3) is 0 Å². The zero-order chi connectivity index (χ0) is 13.7. The molecule has 0 amide bonds. The number of nitrogens with zero attached hydrogens (tertiary/aromatic N) is 2. The summed E-state index contributed by atoms with van der Waals surface area (Å²) in [6.45, 7) is 14.8. The molecular formula is C16H27N3. The number of hydrogen-bond donors (Lipinski definition) is 1. The molecule has 1 aromatic rings. The second-order valence-corrected chi connectivity index (χ2v) is 5.58. The molecule has 3 heteroatoms. The zero-order valence-corrected chi connectivity index (χ0v) is 12.6. The average Bonchev–Trinajstić information content (AvgIpc) is 2.38. The van der Waals surface area contributed by atoms with Crippen molar-refractivity contribution in [1.29, 1.82) is 0 Å². The van der Waals surface area contributed by atoms with E-state index in [1.165, 1.54) is 49.5 Å². The SMILES string of the molecule is CCN1CCN(CCNc2cc(C)cc(C)c2)CC1. The van der Waals surface area contributed by atoms with E-state index in [9.17, 15) is 0 Å². The number of hydrogen-bond acceptors (Lipinski definition) is 3. The molecule has 0 saturated carbocycles. The highest BCUT2D eigenvalue weighted by atomic mass is 15.3. The molecule has 1 aliphatic rings. The van der Waals surface area contributed by atoms with Crippen LogP contribution in [0.1, 0.15) is 18.1 Å². The van der Waals surface area contributed by atoms with Crippen LogP contribution in [0.25, 0.3) is 0 Å². The van der Waals surface area contributed by atoms with Gasteiger partial charge in [-0.15, -0.1) is 0 Å². The molecule has 2 rings (SSSR count). The predicted octanol–water partition coefficient (Wildman–Crippen LogP) is 2.35. The van der Waals surface area contributed by atoms with Gasteiger partial charge in [-0.25, -0.2) is 0 Å². The summed E-state index contributed by atoms with van der Waals surface area (Å²) in [6, 6.07) is 6.67. The highest BCUT2D eigenvalue weighted by molar-refractivity contribution is 5.48. The molecule has 106 valence electrons. The van der Waals surface area contributed by atoms with Crippen molar-refractivity contribution < 1.29 is 0 Å². The number of aryl methyl sites for hydroxylation is 2.